The smallest absolute Gasteiger partial charge is 0.233 e. The summed E-state index contributed by atoms with van der Waals surface area (Å²) in [5.41, 5.74) is 4.97. The van der Waals surface area contributed by atoms with Crippen LogP contribution >= 0.6 is 11.8 Å². The van der Waals surface area contributed by atoms with Gasteiger partial charge in [-0.2, -0.15) is 0 Å². The standard InChI is InChI=1S/C23H26N4OS/c1-3-17-9-5-7-13-20(17)27-16-24-25-23(27)29-15-22(28)26(2)21-14-8-11-18-10-4-6-12-19(18)21/h4-7,9-10,12-13,16,21H,3,8,11,14-15H2,1-2H3. The van der Waals surface area contributed by atoms with E-state index in [1.807, 2.05) is 28.6 Å². The zero-order valence-electron chi connectivity index (χ0n) is 16.9. The van der Waals surface area contributed by atoms with Crippen LogP contribution in [-0.2, 0) is 17.6 Å². The molecule has 5 nitrogen and oxygen atoms in total. The van der Waals surface area contributed by atoms with Gasteiger partial charge in [-0.05, 0) is 48.4 Å². The number of carbonyl (C=O) groups excluding carboxylic acids is 1. The van der Waals surface area contributed by atoms with Crippen LogP contribution in [0.25, 0.3) is 5.69 Å². The van der Waals surface area contributed by atoms with Crippen molar-refractivity contribution < 1.29 is 4.79 Å². The molecule has 4 rings (SSSR count). The summed E-state index contributed by atoms with van der Waals surface area (Å²) in [4.78, 5) is 14.9. The van der Waals surface area contributed by atoms with Gasteiger partial charge in [-0.1, -0.05) is 61.2 Å². The van der Waals surface area contributed by atoms with Gasteiger partial charge in [0.1, 0.15) is 6.33 Å². The first-order valence-electron chi connectivity index (χ1n) is 10.1. The summed E-state index contributed by atoms with van der Waals surface area (Å²) in [5, 5.41) is 9.08. The van der Waals surface area contributed by atoms with Crippen molar-refractivity contribution in [2.45, 2.75) is 43.8 Å². The Hall–Kier alpha value is -2.60. The molecule has 2 aromatic carbocycles. The van der Waals surface area contributed by atoms with E-state index in [0.29, 0.717) is 5.75 Å². The van der Waals surface area contributed by atoms with Gasteiger partial charge in [0.15, 0.2) is 5.16 Å². The van der Waals surface area contributed by atoms with Gasteiger partial charge in [-0.3, -0.25) is 9.36 Å². The average molecular weight is 407 g/mol. The predicted molar refractivity (Wildman–Crippen MR) is 116 cm³/mol. The Bertz CT molecular complexity index is 1000. The lowest BCUT2D eigenvalue weighted by atomic mass is 9.87. The Kier molecular flexibility index (Phi) is 6.00. The lowest BCUT2D eigenvalue weighted by Crippen LogP contribution is -2.34. The maximum Gasteiger partial charge on any atom is 0.233 e. The van der Waals surface area contributed by atoms with Crippen molar-refractivity contribution in [3.63, 3.8) is 0 Å². The van der Waals surface area contributed by atoms with Crippen molar-refractivity contribution in [2.24, 2.45) is 0 Å². The van der Waals surface area contributed by atoms with Crippen molar-refractivity contribution in [1.29, 1.82) is 0 Å². The predicted octanol–water partition coefficient (Wildman–Crippen LogP) is 4.46. The number of amides is 1. The number of thioether (sulfide) groups is 1. The fourth-order valence-corrected chi connectivity index (χ4v) is 4.91. The zero-order chi connectivity index (χ0) is 20.2. The molecule has 6 heteroatoms. The number of hydrogen-bond donors (Lipinski definition) is 0. The van der Waals surface area contributed by atoms with Crippen LogP contribution in [0.1, 0.15) is 42.5 Å². The third-order valence-corrected chi connectivity index (χ3v) is 6.60. The Morgan fingerprint density at radius 2 is 2.00 bits per heavy atom. The van der Waals surface area contributed by atoms with Gasteiger partial charge >= 0.3 is 0 Å². The van der Waals surface area contributed by atoms with Crippen LogP contribution < -0.4 is 0 Å². The number of fused-ring (bicyclic) bond motifs is 1. The van der Waals surface area contributed by atoms with Crippen LogP contribution in [0.5, 0.6) is 0 Å². The second kappa shape index (κ2) is 8.82. The third-order valence-electron chi connectivity index (χ3n) is 5.67. The highest BCUT2D eigenvalue weighted by Gasteiger charge is 2.26. The van der Waals surface area contributed by atoms with Gasteiger partial charge in [-0.25, -0.2) is 0 Å². The number of benzene rings is 2. The fraction of sp³-hybridized carbons (Fsp3) is 0.348. The monoisotopic (exact) mass is 406 g/mol. The molecule has 1 unspecified atom stereocenters. The van der Waals surface area contributed by atoms with Gasteiger partial charge in [0.2, 0.25) is 5.91 Å². The van der Waals surface area contributed by atoms with Crippen LogP contribution in [-0.4, -0.2) is 38.4 Å². The maximum atomic E-state index is 13.0. The molecule has 0 saturated carbocycles. The second-order valence-corrected chi connectivity index (χ2v) is 8.31. The SMILES string of the molecule is CCc1ccccc1-n1cnnc1SCC(=O)N(C)C1CCCc2ccccc21. The summed E-state index contributed by atoms with van der Waals surface area (Å²) in [7, 11) is 1.92. The molecule has 29 heavy (non-hydrogen) atoms. The largest absolute Gasteiger partial charge is 0.338 e. The van der Waals surface area contributed by atoms with Crippen LogP contribution in [0.2, 0.25) is 0 Å². The fourth-order valence-electron chi connectivity index (χ4n) is 4.07. The Morgan fingerprint density at radius 1 is 1.21 bits per heavy atom. The molecule has 0 N–H and O–H groups in total. The van der Waals surface area contributed by atoms with Crippen molar-refractivity contribution in [1.82, 2.24) is 19.7 Å². The normalized spacial score (nSPS) is 15.7. The molecule has 1 aromatic heterocycles. The molecular formula is C23H26N4OS. The highest BCUT2D eigenvalue weighted by Crippen LogP contribution is 2.34. The Balaban J connectivity index is 1.47. The number of rotatable bonds is 6. The van der Waals surface area contributed by atoms with E-state index in [0.717, 1.165) is 36.5 Å². The van der Waals surface area contributed by atoms with Gasteiger partial charge in [0.05, 0.1) is 17.5 Å². The number of para-hydroxylation sites is 1. The highest BCUT2D eigenvalue weighted by atomic mass is 32.2. The van der Waals surface area contributed by atoms with E-state index in [1.54, 1.807) is 6.33 Å². The minimum Gasteiger partial charge on any atom is -0.338 e. The second-order valence-electron chi connectivity index (χ2n) is 7.37. The molecule has 1 amide bonds. The minimum atomic E-state index is 0.120. The van der Waals surface area contributed by atoms with E-state index in [9.17, 15) is 4.79 Å². The molecule has 0 bridgehead atoms. The first-order chi connectivity index (χ1) is 14.2. The zero-order valence-corrected chi connectivity index (χ0v) is 17.7. The lowest BCUT2D eigenvalue weighted by molar-refractivity contribution is -0.129. The Labute approximate surface area is 176 Å². The molecule has 150 valence electrons. The van der Waals surface area contributed by atoms with Crippen LogP contribution in [0.4, 0.5) is 0 Å². The first kappa shape index (κ1) is 19.7. The molecule has 1 aliphatic carbocycles. The van der Waals surface area contributed by atoms with Crippen LogP contribution in [0.15, 0.2) is 60.0 Å². The molecule has 0 saturated heterocycles. The van der Waals surface area contributed by atoms with E-state index in [4.69, 9.17) is 0 Å². The van der Waals surface area contributed by atoms with Crippen molar-refractivity contribution in [2.75, 3.05) is 12.8 Å². The van der Waals surface area contributed by atoms with E-state index in [1.165, 1.54) is 28.5 Å². The van der Waals surface area contributed by atoms with Crippen molar-refractivity contribution in [3.05, 3.63) is 71.5 Å². The lowest BCUT2D eigenvalue weighted by Gasteiger charge is -2.33. The minimum absolute atomic E-state index is 0.120. The number of carbonyl (C=O) groups is 1. The average Bonchev–Trinajstić information content (AvgIpc) is 3.25. The van der Waals surface area contributed by atoms with E-state index in [2.05, 4.69) is 53.5 Å². The first-order valence-corrected chi connectivity index (χ1v) is 11.1. The van der Waals surface area contributed by atoms with Crippen LogP contribution in [0, 0.1) is 0 Å². The molecule has 3 aromatic rings. The van der Waals surface area contributed by atoms with E-state index >= 15 is 0 Å². The topological polar surface area (TPSA) is 51.0 Å². The number of hydrogen-bond acceptors (Lipinski definition) is 4. The van der Waals surface area contributed by atoms with Gasteiger partial charge in [0.25, 0.3) is 0 Å². The van der Waals surface area contributed by atoms with Gasteiger partial charge in [-0.15, -0.1) is 10.2 Å². The third kappa shape index (κ3) is 4.08. The maximum absolute atomic E-state index is 13.0. The molecular weight excluding hydrogens is 380 g/mol. The highest BCUT2D eigenvalue weighted by molar-refractivity contribution is 7.99. The van der Waals surface area contributed by atoms with Gasteiger partial charge < -0.3 is 4.90 Å². The number of aryl methyl sites for hydroxylation is 2. The number of nitrogens with zero attached hydrogens (tertiary/aromatic N) is 4. The quantitative estimate of drug-likeness (QED) is 0.567. The van der Waals surface area contributed by atoms with Crippen molar-refractivity contribution >= 4 is 17.7 Å². The summed E-state index contributed by atoms with van der Waals surface area (Å²) in [5.74, 6) is 0.470. The van der Waals surface area contributed by atoms with Crippen LogP contribution in [0.3, 0.4) is 0 Å². The van der Waals surface area contributed by atoms with Gasteiger partial charge in [0, 0.05) is 7.05 Å². The van der Waals surface area contributed by atoms with Crippen molar-refractivity contribution in [3.8, 4) is 5.69 Å². The molecule has 0 spiro atoms. The summed E-state index contributed by atoms with van der Waals surface area (Å²) in [6.45, 7) is 2.14. The molecule has 0 radical (unpaired) electrons. The summed E-state index contributed by atoms with van der Waals surface area (Å²) < 4.78 is 1.98. The van der Waals surface area contributed by atoms with E-state index < -0.39 is 0 Å². The molecule has 0 fully saturated rings. The van der Waals surface area contributed by atoms with E-state index in [-0.39, 0.29) is 11.9 Å². The summed E-state index contributed by atoms with van der Waals surface area (Å²) >= 11 is 1.45. The molecule has 1 atom stereocenters. The molecule has 1 aliphatic rings. The number of aromatic nitrogens is 3. The summed E-state index contributed by atoms with van der Waals surface area (Å²) in [6.07, 6.45) is 5.89. The molecule has 1 heterocycles. The summed E-state index contributed by atoms with van der Waals surface area (Å²) in [6, 6.07) is 16.9. The molecule has 0 aliphatic heterocycles. The Morgan fingerprint density at radius 3 is 2.86 bits per heavy atom.